The summed E-state index contributed by atoms with van der Waals surface area (Å²) in [6.45, 7) is 1.91. The van der Waals surface area contributed by atoms with Crippen LogP contribution in [0.3, 0.4) is 0 Å². The Hall–Kier alpha value is -1.07. The average molecular weight is 223 g/mol. The minimum absolute atomic E-state index is 0.278. The normalized spacial score (nSPS) is 9.08. The molecule has 0 fully saturated rings. The van der Waals surface area contributed by atoms with Gasteiger partial charge in [-0.2, -0.15) is 0 Å². The molecule has 0 aliphatic rings. The first-order valence-electron chi connectivity index (χ1n) is 3.41. The van der Waals surface area contributed by atoms with E-state index in [2.05, 4.69) is 21.9 Å². The van der Waals surface area contributed by atoms with Gasteiger partial charge < -0.3 is 0 Å². The van der Waals surface area contributed by atoms with Gasteiger partial charge in [-0.05, 0) is 36.6 Å². The van der Waals surface area contributed by atoms with Crippen molar-refractivity contribution in [3.63, 3.8) is 0 Å². The highest BCUT2D eigenvalue weighted by Gasteiger charge is 2.02. The second kappa shape index (κ2) is 3.55. The fourth-order valence-corrected chi connectivity index (χ4v) is 1.56. The molecule has 0 saturated heterocycles. The number of benzene rings is 1. The summed E-state index contributed by atoms with van der Waals surface area (Å²) >= 11 is 3.29. The summed E-state index contributed by atoms with van der Waals surface area (Å²) in [6.07, 6.45) is 4.99. The minimum Gasteiger partial charge on any atom is -0.279 e. The highest BCUT2D eigenvalue weighted by molar-refractivity contribution is 9.10. The number of carbonyl (C=O) groups is 1. The molecule has 0 radical (unpaired) electrons. The van der Waals surface area contributed by atoms with E-state index in [1.54, 1.807) is 12.1 Å². The summed E-state index contributed by atoms with van der Waals surface area (Å²) in [4.78, 5) is 11.1. The number of halogens is 1. The summed E-state index contributed by atoms with van der Waals surface area (Å²) in [5.41, 5.74) is 1.58. The van der Waals surface area contributed by atoms with Gasteiger partial charge in [0.2, 0.25) is 5.78 Å². The van der Waals surface area contributed by atoms with E-state index >= 15 is 0 Å². The monoisotopic (exact) mass is 222 g/mol. The zero-order valence-corrected chi connectivity index (χ0v) is 8.18. The molecule has 0 N–H and O–H groups in total. The molecule has 0 bridgehead atoms. The van der Waals surface area contributed by atoms with Crippen molar-refractivity contribution in [2.75, 3.05) is 0 Å². The van der Waals surface area contributed by atoms with Crippen molar-refractivity contribution in [3.05, 3.63) is 33.8 Å². The van der Waals surface area contributed by atoms with Crippen LogP contribution in [-0.4, -0.2) is 5.78 Å². The van der Waals surface area contributed by atoms with Crippen molar-refractivity contribution < 1.29 is 4.79 Å². The number of aryl methyl sites for hydroxylation is 1. The quantitative estimate of drug-likeness (QED) is 0.406. The van der Waals surface area contributed by atoms with Crippen LogP contribution in [0, 0.1) is 19.3 Å². The molecular weight excluding hydrogens is 216 g/mol. The van der Waals surface area contributed by atoms with Gasteiger partial charge in [0, 0.05) is 10.0 Å². The standard InChI is InChI=1S/C10H7BrO/c1-3-10(12)8-4-7(2)5-9(11)6-8/h1,4-6H,2H3. The van der Waals surface area contributed by atoms with Crippen molar-refractivity contribution >= 4 is 21.7 Å². The highest BCUT2D eigenvalue weighted by atomic mass is 79.9. The Morgan fingerprint density at radius 1 is 1.50 bits per heavy atom. The highest BCUT2D eigenvalue weighted by Crippen LogP contribution is 2.15. The molecule has 1 nitrogen and oxygen atoms in total. The van der Waals surface area contributed by atoms with Crippen LogP contribution in [0.2, 0.25) is 0 Å². The van der Waals surface area contributed by atoms with Crippen LogP contribution in [0.5, 0.6) is 0 Å². The SMILES string of the molecule is C#CC(=O)c1cc(C)cc(Br)c1. The number of hydrogen-bond donors (Lipinski definition) is 0. The summed E-state index contributed by atoms with van der Waals surface area (Å²) in [5.74, 6) is 1.80. The van der Waals surface area contributed by atoms with Gasteiger partial charge in [-0.25, -0.2) is 0 Å². The second-order valence-corrected chi connectivity index (χ2v) is 3.41. The average Bonchev–Trinajstić information content (AvgIpc) is 2.01. The van der Waals surface area contributed by atoms with E-state index in [1.807, 2.05) is 13.0 Å². The Kier molecular flexibility index (Phi) is 2.67. The van der Waals surface area contributed by atoms with E-state index in [-0.39, 0.29) is 5.78 Å². The first-order valence-corrected chi connectivity index (χ1v) is 4.21. The number of ketones is 1. The first-order chi connectivity index (χ1) is 5.63. The van der Waals surface area contributed by atoms with Crippen LogP contribution in [0.1, 0.15) is 15.9 Å². The Morgan fingerprint density at radius 2 is 2.17 bits per heavy atom. The lowest BCUT2D eigenvalue weighted by molar-refractivity contribution is 0.105. The van der Waals surface area contributed by atoms with Crippen molar-refractivity contribution in [1.29, 1.82) is 0 Å². The summed E-state index contributed by atoms with van der Waals surface area (Å²) in [6, 6.07) is 5.41. The number of terminal acetylenes is 1. The third-order valence-corrected chi connectivity index (χ3v) is 1.89. The molecule has 0 aliphatic carbocycles. The molecule has 0 aliphatic heterocycles. The van der Waals surface area contributed by atoms with E-state index in [1.165, 1.54) is 0 Å². The van der Waals surface area contributed by atoms with E-state index in [9.17, 15) is 4.79 Å². The van der Waals surface area contributed by atoms with Gasteiger partial charge in [0.05, 0.1) is 0 Å². The van der Waals surface area contributed by atoms with Gasteiger partial charge in [0.15, 0.2) is 0 Å². The van der Waals surface area contributed by atoms with Crippen LogP contribution < -0.4 is 0 Å². The largest absolute Gasteiger partial charge is 0.279 e. The van der Waals surface area contributed by atoms with Crippen LogP contribution in [-0.2, 0) is 0 Å². The lowest BCUT2D eigenvalue weighted by Gasteiger charge is -1.98. The summed E-state index contributed by atoms with van der Waals surface area (Å²) < 4.78 is 0.876. The molecule has 0 spiro atoms. The first kappa shape index (κ1) is 9.02. The zero-order chi connectivity index (χ0) is 9.14. The smallest absolute Gasteiger partial charge is 0.235 e. The topological polar surface area (TPSA) is 17.1 Å². The molecule has 12 heavy (non-hydrogen) atoms. The molecule has 1 rings (SSSR count). The van der Waals surface area contributed by atoms with Gasteiger partial charge in [0.1, 0.15) is 0 Å². The van der Waals surface area contributed by atoms with Gasteiger partial charge >= 0.3 is 0 Å². The lowest BCUT2D eigenvalue weighted by Crippen LogP contribution is -1.94. The van der Waals surface area contributed by atoms with E-state index in [0.29, 0.717) is 5.56 Å². The number of Topliss-reactive ketones (excluding diaryl/α,β-unsaturated/α-hetero) is 1. The van der Waals surface area contributed by atoms with Gasteiger partial charge in [-0.1, -0.05) is 15.9 Å². The van der Waals surface area contributed by atoms with Gasteiger partial charge in [-0.3, -0.25) is 4.79 Å². The van der Waals surface area contributed by atoms with E-state index < -0.39 is 0 Å². The van der Waals surface area contributed by atoms with E-state index in [0.717, 1.165) is 10.0 Å². The minimum atomic E-state index is -0.278. The van der Waals surface area contributed by atoms with Gasteiger partial charge in [0.25, 0.3) is 0 Å². The fraction of sp³-hybridized carbons (Fsp3) is 0.100. The van der Waals surface area contributed by atoms with Crippen molar-refractivity contribution in [2.45, 2.75) is 6.92 Å². The summed E-state index contributed by atoms with van der Waals surface area (Å²) in [5, 5.41) is 0. The Balaban J connectivity index is 3.19. The molecule has 0 aromatic heterocycles. The third kappa shape index (κ3) is 1.96. The zero-order valence-electron chi connectivity index (χ0n) is 6.60. The molecule has 60 valence electrons. The Bertz CT molecular complexity index is 340. The van der Waals surface area contributed by atoms with Crippen LogP contribution in [0.25, 0.3) is 0 Å². The predicted octanol–water partition coefficient (Wildman–Crippen LogP) is 2.57. The molecule has 0 unspecified atom stereocenters. The molecular formula is C10H7BrO. The van der Waals surface area contributed by atoms with Crippen LogP contribution in [0.4, 0.5) is 0 Å². The maximum absolute atomic E-state index is 11.1. The van der Waals surface area contributed by atoms with Gasteiger partial charge in [-0.15, -0.1) is 6.42 Å². The number of carbonyl (C=O) groups excluding carboxylic acids is 1. The fourth-order valence-electron chi connectivity index (χ4n) is 0.951. The number of rotatable bonds is 1. The summed E-state index contributed by atoms with van der Waals surface area (Å²) in [7, 11) is 0. The molecule has 1 aromatic carbocycles. The Morgan fingerprint density at radius 3 is 2.67 bits per heavy atom. The second-order valence-electron chi connectivity index (χ2n) is 2.49. The van der Waals surface area contributed by atoms with Crippen LogP contribution in [0.15, 0.2) is 22.7 Å². The molecule has 0 saturated carbocycles. The van der Waals surface area contributed by atoms with Crippen molar-refractivity contribution in [1.82, 2.24) is 0 Å². The maximum atomic E-state index is 11.1. The molecule has 1 aromatic rings. The van der Waals surface area contributed by atoms with E-state index in [4.69, 9.17) is 6.42 Å². The van der Waals surface area contributed by atoms with Crippen LogP contribution >= 0.6 is 15.9 Å². The number of hydrogen-bond acceptors (Lipinski definition) is 1. The maximum Gasteiger partial charge on any atom is 0.235 e. The Labute approximate surface area is 79.9 Å². The third-order valence-electron chi connectivity index (χ3n) is 1.44. The van der Waals surface area contributed by atoms with Crippen molar-refractivity contribution in [2.24, 2.45) is 0 Å². The molecule has 0 atom stereocenters. The molecule has 0 heterocycles. The lowest BCUT2D eigenvalue weighted by atomic mass is 10.1. The molecule has 2 heteroatoms. The van der Waals surface area contributed by atoms with Crippen molar-refractivity contribution in [3.8, 4) is 12.3 Å². The molecule has 0 amide bonds. The predicted molar refractivity (Wildman–Crippen MR) is 52.0 cm³/mol.